The molecule has 2 N–H and O–H groups in total. The summed E-state index contributed by atoms with van der Waals surface area (Å²) < 4.78 is 27.0. The minimum atomic E-state index is -0.846. The topological polar surface area (TPSA) is 46.3 Å². The summed E-state index contributed by atoms with van der Waals surface area (Å²) in [6.45, 7) is 3.40. The Bertz CT molecular complexity index is 519. The maximum atomic E-state index is 13.8. The second-order valence-corrected chi connectivity index (χ2v) is 5.73. The Morgan fingerprint density at radius 1 is 1.29 bits per heavy atom. The molecule has 0 saturated carbocycles. The zero-order valence-corrected chi connectivity index (χ0v) is 12.4. The molecule has 1 saturated heterocycles. The van der Waals surface area contributed by atoms with Crippen LogP contribution in [0.5, 0.6) is 0 Å². The van der Waals surface area contributed by atoms with Crippen LogP contribution in [0.2, 0.25) is 0 Å². The zero-order valence-electron chi connectivity index (χ0n) is 12.4. The van der Waals surface area contributed by atoms with Gasteiger partial charge in [-0.25, -0.2) is 8.78 Å². The van der Waals surface area contributed by atoms with Crippen LogP contribution in [0, 0.1) is 17.6 Å². The van der Waals surface area contributed by atoms with Crippen LogP contribution in [-0.2, 0) is 0 Å². The molecule has 0 bridgehead atoms. The minimum Gasteiger partial charge on any atom is -0.396 e. The number of carbonyl (C=O) groups excluding carboxylic acids is 1. The molecule has 0 aromatic heterocycles. The largest absolute Gasteiger partial charge is 0.396 e. The first-order valence-electron chi connectivity index (χ1n) is 7.56. The van der Waals surface area contributed by atoms with Crippen LogP contribution in [-0.4, -0.2) is 23.9 Å². The van der Waals surface area contributed by atoms with E-state index < -0.39 is 17.5 Å². The Labute approximate surface area is 124 Å². The maximum absolute atomic E-state index is 13.8. The number of nitrogens with zero attached hydrogens (tertiary/aromatic N) is 1. The van der Waals surface area contributed by atoms with E-state index >= 15 is 0 Å². The monoisotopic (exact) mass is 296 g/mol. The predicted molar refractivity (Wildman–Crippen MR) is 78.9 cm³/mol. The van der Waals surface area contributed by atoms with Crippen molar-refractivity contribution in [2.75, 3.05) is 18.8 Å². The molecule has 3 nitrogen and oxygen atoms in total. The van der Waals surface area contributed by atoms with Gasteiger partial charge in [-0.1, -0.05) is 19.8 Å². The summed E-state index contributed by atoms with van der Waals surface area (Å²) in [6.07, 6.45) is 5.28. The molecule has 1 aromatic carbocycles. The maximum Gasteiger partial charge on any atom is 0.256 e. The average Bonchev–Trinajstić information content (AvgIpc) is 2.68. The van der Waals surface area contributed by atoms with Gasteiger partial charge in [0.1, 0.15) is 11.6 Å². The molecule has 0 radical (unpaired) electrons. The molecule has 116 valence electrons. The van der Waals surface area contributed by atoms with Gasteiger partial charge < -0.3 is 10.6 Å². The Morgan fingerprint density at radius 2 is 2.05 bits per heavy atom. The number of carbonyl (C=O) groups is 1. The van der Waals surface area contributed by atoms with Gasteiger partial charge in [0.15, 0.2) is 0 Å². The Morgan fingerprint density at radius 3 is 2.76 bits per heavy atom. The van der Waals surface area contributed by atoms with Crippen LogP contribution in [0.4, 0.5) is 14.5 Å². The second kappa shape index (κ2) is 6.87. The van der Waals surface area contributed by atoms with Crippen molar-refractivity contribution in [2.24, 2.45) is 5.92 Å². The molecule has 1 atom stereocenters. The molecule has 1 unspecified atom stereocenters. The van der Waals surface area contributed by atoms with Gasteiger partial charge in [0, 0.05) is 19.2 Å². The van der Waals surface area contributed by atoms with Crippen molar-refractivity contribution in [2.45, 2.75) is 39.0 Å². The lowest BCUT2D eigenvalue weighted by Crippen LogP contribution is -2.32. The molecule has 5 heteroatoms. The lowest BCUT2D eigenvalue weighted by Gasteiger charge is -2.21. The van der Waals surface area contributed by atoms with Gasteiger partial charge >= 0.3 is 0 Å². The van der Waals surface area contributed by atoms with Gasteiger partial charge in [0.05, 0.1) is 11.3 Å². The molecule has 2 rings (SSSR count). The summed E-state index contributed by atoms with van der Waals surface area (Å²) in [4.78, 5) is 14.1. The van der Waals surface area contributed by atoms with Gasteiger partial charge in [-0.3, -0.25) is 4.79 Å². The average molecular weight is 296 g/mol. The highest BCUT2D eigenvalue weighted by Crippen LogP contribution is 2.24. The second-order valence-electron chi connectivity index (χ2n) is 5.73. The molecule has 1 fully saturated rings. The summed E-state index contributed by atoms with van der Waals surface area (Å²) in [5.74, 6) is -1.43. The lowest BCUT2D eigenvalue weighted by atomic mass is 9.96. The number of amides is 1. The van der Waals surface area contributed by atoms with E-state index in [4.69, 9.17) is 5.73 Å². The summed E-state index contributed by atoms with van der Waals surface area (Å²) in [6, 6.07) is 1.78. The normalized spacial score (nSPS) is 19.4. The lowest BCUT2D eigenvalue weighted by molar-refractivity contribution is 0.0755. The number of halogens is 2. The number of benzene rings is 1. The van der Waals surface area contributed by atoms with Crippen LogP contribution in [0.3, 0.4) is 0 Å². The van der Waals surface area contributed by atoms with Crippen LogP contribution in [0.15, 0.2) is 12.1 Å². The van der Waals surface area contributed by atoms with Gasteiger partial charge in [-0.2, -0.15) is 0 Å². The molecule has 1 aliphatic heterocycles. The minimum absolute atomic E-state index is 0.136. The summed E-state index contributed by atoms with van der Waals surface area (Å²) >= 11 is 0. The van der Waals surface area contributed by atoms with Crippen molar-refractivity contribution in [1.82, 2.24) is 4.90 Å². The van der Waals surface area contributed by atoms with E-state index in [1.54, 1.807) is 4.90 Å². The Kier molecular flexibility index (Phi) is 5.15. The first-order chi connectivity index (χ1) is 10.0. The Hall–Kier alpha value is -1.65. The number of nitrogen functional groups attached to an aromatic ring is 1. The molecule has 21 heavy (non-hydrogen) atoms. The smallest absolute Gasteiger partial charge is 0.256 e. The van der Waals surface area contributed by atoms with E-state index in [1.165, 1.54) is 6.42 Å². The van der Waals surface area contributed by atoms with Crippen LogP contribution in [0.1, 0.15) is 49.4 Å². The molecule has 0 spiro atoms. The van der Waals surface area contributed by atoms with E-state index in [0.717, 1.165) is 31.7 Å². The number of anilines is 1. The van der Waals surface area contributed by atoms with Crippen molar-refractivity contribution in [3.8, 4) is 0 Å². The number of likely N-dealkylation sites (tertiary alicyclic amines) is 1. The van der Waals surface area contributed by atoms with Gasteiger partial charge in [-0.05, 0) is 31.2 Å². The van der Waals surface area contributed by atoms with E-state index in [0.29, 0.717) is 25.1 Å². The third-order valence-electron chi connectivity index (χ3n) is 4.15. The summed E-state index contributed by atoms with van der Waals surface area (Å²) in [7, 11) is 0. The molecule has 1 aliphatic rings. The van der Waals surface area contributed by atoms with Crippen molar-refractivity contribution < 1.29 is 13.6 Å². The van der Waals surface area contributed by atoms with Gasteiger partial charge in [0.25, 0.3) is 5.91 Å². The first kappa shape index (κ1) is 15.7. The van der Waals surface area contributed by atoms with E-state index in [-0.39, 0.29) is 11.3 Å². The van der Waals surface area contributed by atoms with Gasteiger partial charge in [-0.15, -0.1) is 0 Å². The number of rotatable bonds is 3. The third kappa shape index (κ3) is 3.71. The van der Waals surface area contributed by atoms with Crippen molar-refractivity contribution in [1.29, 1.82) is 0 Å². The molecule has 0 aliphatic carbocycles. The van der Waals surface area contributed by atoms with Crippen molar-refractivity contribution >= 4 is 11.6 Å². The van der Waals surface area contributed by atoms with Gasteiger partial charge in [0.2, 0.25) is 0 Å². The summed E-state index contributed by atoms with van der Waals surface area (Å²) in [5, 5.41) is 0. The predicted octanol–water partition coefficient (Wildman–Crippen LogP) is 3.59. The molecular weight excluding hydrogens is 274 g/mol. The fourth-order valence-corrected chi connectivity index (χ4v) is 2.97. The van der Waals surface area contributed by atoms with Crippen molar-refractivity contribution in [3.63, 3.8) is 0 Å². The number of nitrogens with two attached hydrogens (primary N) is 1. The van der Waals surface area contributed by atoms with Crippen molar-refractivity contribution in [3.05, 3.63) is 29.3 Å². The third-order valence-corrected chi connectivity index (χ3v) is 4.15. The zero-order chi connectivity index (χ0) is 15.4. The first-order valence-corrected chi connectivity index (χ1v) is 7.56. The number of hydrogen-bond donors (Lipinski definition) is 1. The van der Waals surface area contributed by atoms with Crippen LogP contribution < -0.4 is 5.73 Å². The molecule has 1 aromatic rings. The standard InChI is InChI=1S/C16H22F2N2O/c1-2-4-11-5-3-7-20(8-6-11)16(21)12-9-15(19)14(18)10-13(12)17/h9-11H,2-8,19H2,1H3. The SMILES string of the molecule is CCCC1CCCN(C(=O)c2cc(N)c(F)cc2F)CC1. The highest BCUT2D eigenvalue weighted by molar-refractivity contribution is 5.95. The quantitative estimate of drug-likeness (QED) is 0.866. The molecular formula is C16H22F2N2O. The molecule has 1 amide bonds. The fraction of sp³-hybridized carbons (Fsp3) is 0.562. The number of hydrogen-bond acceptors (Lipinski definition) is 2. The van der Waals surface area contributed by atoms with E-state index in [1.807, 2.05) is 0 Å². The highest BCUT2D eigenvalue weighted by Gasteiger charge is 2.24. The van der Waals surface area contributed by atoms with E-state index in [2.05, 4.69) is 6.92 Å². The fourth-order valence-electron chi connectivity index (χ4n) is 2.97. The Balaban J connectivity index is 2.11. The molecule has 1 heterocycles. The van der Waals surface area contributed by atoms with Crippen LogP contribution in [0.25, 0.3) is 0 Å². The summed E-state index contributed by atoms with van der Waals surface area (Å²) in [5.41, 5.74) is 5.10. The highest BCUT2D eigenvalue weighted by atomic mass is 19.1. The van der Waals surface area contributed by atoms with Crippen LogP contribution >= 0.6 is 0 Å². The van der Waals surface area contributed by atoms with E-state index in [9.17, 15) is 13.6 Å².